The molecule has 0 saturated heterocycles. The number of benzene rings is 2. The van der Waals surface area contributed by atoms with E-state index in [1.54, 1.807) is 11.3 Å². The molecule has 0 atom stereocenters. The van der Waals surface area contributed by atoms with Crippen molar-refractivity contribution in [1.82, 2.24) is 0 Å². The van der Waals surface area contributed by atoms with Crippen LogP contribution in [0.4, 0.5) is 5.69 Å². The fourth-order valence-electron chi connectivity index (χ4n) is 2.27. The third kappa shape index (κ3) is 2.37. The van der Waals surface area contributed by atoms with Gasteiger partial charge in [0, 0.05) is 16.0 Å². The Morgan fingerprint density at radius 3 is 2.75 bits per heavy atom. The van der Waals surface area contributed by atoms with Gasteiger partial charge in [-0.25, -0.2) is 0 Å². The van der Waals surface area contributed by atoms with E-state index < -0.39 is 0 Å². The average Bonchev–Trinajstić information content (AvgIpc) is 2.85. The van der Waals surface area contributed by atoms with E-state index >= 15 is 0 Å². The highest BCUT2D eigenvalue weighted by Gasteiger charge is 2.07. The molecule has 1 aromatic heterocycles. The third-order valence-corrected chi connectivity index (χ3v) is 4.52. The molecule has 0 amide bonds. The molecule has 0 radical (unpaired) electrons. The number of aryl methyl sites for hydroxylation is 2. The van der Waals surface area contributed by atoms with Gasteiger partial charge in [-0.2, -0.15) is 0 Å². The van der Waals surface area contributed by atoms with Crippen molar-refractivity contribution in [3.8, 4) is 5.75 Å². The molecule has 3 heteroatoms. The lowest BCUT2D eigenvalue weighted by Gasteiger charge is -2.11. The summed E-state index contributed by atoms with van der Waals surface area (Å²) < 4.78 is 7.28. The number of hydrogen-bond donors (Lipinski definition) is 1. The highest BCUT2D eigenvalue weighted by molar-refractivity contribution is 7.17. The lowest BCUT2D eigenvalue weighted by molar-refractivity contribution is 0.306. The topological polar surface area (TPSA) is 35.2 Å². The molecule has 0 bridgehead atoms. The number of fused-ring (bicyclic) bond motifs is 1. The molecule has 102 valence electrons. The minimum atomic E-state index is 0.591. The van der Waals surface area contributed by atoms with Crippen LogP contribution in [0.1, 0.15) is 16.7 Å². The number of rotatable bonds is 3. The molecule has 0 aliphatic rings. The predicted molar refractivity (Wildman–Crippen MR) is 86.5 cm³/mol. The van der Waals surface area contributed by atoms with Gasteiger partial charge in [0.2, 0.25) is 0 Å². The van der Waals surface area contributed by atoms with E-state index in [0.717, 1.165) is 22.6 Å². The van der Waals surface area contributed by atoms with Crippen molar-refractivity contribution in [1.29, 1.82) is 0 Å². The van der Waals surface area contributed by atoms with Crippen LogP contribution in [0.2, 0.25) is 0 Å². The summed E-state index contributed by atoms with van der Waals surface area (Å²) in [6, 6.07) is 12.4. The summed E-state index contributed by atoms with van der Waals surface area (Å²) in [7, 11) is 0. The molecule has 3 rings (SSSR count). The van der Waals surface area contributed by atoms with Gasteiger partial charge in [0.15, 0.2) is 0 Å². The van der Waals surface area contributed by atoms with Gasteiger partial charge < -0.3 is 10.5 Å². The summed E-state index contributed by atoms with van der Waals surface area (Å²) in [5.41, 5.74) is 10.1. The summed E-state index contributed by atoms with van der Waals surface area (Å²) in [6.07, 6.45) is 0. The Morgan fingerprint density at radius 1 is 1.10 bits per heavy atom. The van der Waals surface area contributed by atoms with Crippen LogP contribution in [-0.2, 0) is 6.61 Å². The molecule has 0 fully saturated rings. The molecular formula is C17H17NOS. The Morgan fingerprint density at radius 2 is 1.90 bits per heavy atom. The molecule has 1 heterocycles. The number of ether oxygens (including phenoxy) is 1. The van der Waals surface area contributed by atoms with Crippen molar-refractivity contribution in [3.63, 3.8) is 0 Å². The van der Waals surface area contributed by atoms with E-state index in [0.29, 0.717) is 6.61 Å². The standard InChI is InChI=1S/C17H17NOS/c1-11-8-16(12(2)7-15(11)18)19-9-13-10-20-17-6-4-3-5-14(13)17/h3-8,10H,9,18H2,1-2H3. The molecule has 0 saturated carbocycles. The summed E-state index contributed by atoms with van der Waals surface area (Å²) in [6.45, 7) is 4.62. The Kier molecular flexibility index (Phi) is 3.36. The molecule has 2 N–H and O–H groups in total. The highest BCUT2D eigenvalue weighted by Crippen LogP contribution is 2.29. The maximum absolute atomic E-state index is 5.98. The molecule has 0 aliphatic carbocycles. The largest absolute Gasteiger partial charge is 0.489 e. The first kappa shape index (κ1) is 13.0. The second kappa shape index (κ2) is 5.17. The Hall–Kier alpha value is -2.00. The zero-order valence-corrected chi connectivity index (χ0v) is 12.5. The first-order valence-corrected chi connectivity index (χ1v) is 7.48. The van der Waals surface area contributed by atoms with E-state index in [1.165, 1.54) is 15.6 Å². The number of hydrogen-bond acceptors (Lipinski definition) is 3. The smallest absolute Gasteiger partial charge is 0.123 e. The zero-order chi connectivity index (χ0) is 14.1. The average molecular weight is 283 g/mol. The lowest BCUT2D eigenvalue weighted by atomic mass is 10.1. The summed E-state index contributed by atoms with van der Waals surface area (Å²) in [4.78, 5) is 0. The SMILES string of the molecule is Cc1cc(OCc2csc3ccccc23)c(C)cc1N. The number of nitrogens with two attached hydrogens (primary N) is 1. The van der Waals surface area contributed by atoms with Crippen molar-refractivity contribution in [2.24, 2.45) is 0 Å². The Balaban J connectivity index is 1.85. The van der Waals surface area contributed by atoms with E-state index in [-0.39, 0.29) is 0 Å². The van der Waals surface area contributed by atoms with Crippen molar-refractivity contribution in [3.05, 3.63) is 58.5 Å². The van der Waals surface area contributed by atoms with Gasteiger partial charge in [-0.15, -0.1) is 11.3 Å². The van der Waals surface area contributed by atoms with Gasteiger partial charge >= 0.3 is 0 Å². The lowest BCUT2D eigenvalue weighted by Crippen LogP contribution is -1.98. The maximum Gasteiger partial charge on any atom is 0.123 e. The minimum Gasteiger partial charge on any atom is -0.489 e. The summed E-state index contributed by atoms with van der Waals surface area (Å²) >= 11 is 1.76. The van der Waals surface area contributed by atoms with E-state index in [9.17, 15) is 0 Å². The van der Waals surface area contributed by atoms with Gasteiger partial charge in [0.05, 0.1) is 0 Å². The molecule has 0 unspecified atom stereocenters. The first-order valence-electron chi connectivity index (χ1n) is 6.60. The quantitative estimate of drug-likeness (QED) is 0.708. The zero-order valence-electron chi connectivity index (χ0n) is 11.6. The molecule has 20 heavy (non-hydrogen) atoms. The summed E-state index contributed by atoms with van der Waals surface area (Å²) in [5.74, 6) is 0.909. The van der Waals surface area contributed by atoms with Gasteiger partial charge in [0.1, 0.15) is 12.4 Å². The molecule has 2 nitrogen and oxygen atoms in total. The summed E-state index contributed by atoms with van der Waals surface area (Å²) in [5, 5.41) is 3.45. The van der Waals surface area contributed by atoms with Crippen molar-refractivity contribution >= 4 is 27.1 Å². The number of thiophene rings is 1. The van der Waals surface area contributed by atoms with E-state index in [4.69, 9.17) is 10.5 Å². The van der Waals surface area contributed by atoms with Crippen LogP contribution in [0.15, 0.2) is 41.8 Å². The molecule has 0 aliphatic heterocycles. The Labute approximate surface area is 122 Å². The maximum atomic E-state index is 5.98. The fraction of sp³-hybridized carbons (Fsp3) is 0.176. The van der Waals surface area contributed by atoms with Crippen LogP contribution in [0.25, 0.3) is 10.1 Å². The van der Waals surface area contributed by atoms with Gasteiger partial charge in [0.25, 0.3) is 0 Å². The third-order valence-electron chi connectivity index (χ3n) is 3.51. The molecular weight excluding hydrogens is 266 g/mol. The molecule has 3 aromatic rings. The van der Waals surface area contributed by atoms with Gasteiger partial charge in [-0.1, -0.05) is 18.2 Å². The van der Waals surface area contributed by atoms with Crippen LogP contribution in [0.5, 0.6) is 5.75 Å². The second-order valence-electron chi connectivity index (χ2n) is 5.02. The van der Waals surface area contributed by atoms with Crippen molar-refractivity contribution in [2.45, 2.75) is 20.5 Å². The van der Waals surface area contributed by atoms with Crippen LogP contribution in [0.3, 0.4) is 0 Å². The van der Waals surface area contributed by atoms with Crippen LogP contribution >= 0.6 is 11.3 Å². The molecule has 0 spiro atoms. The normalized spacial score (nSPS) is 10.9. The fourth-order valence-corrected chi connectivity index (χ4v) is 3.22. The number of anilines is 1. The van der Waals surface area contributed by atoms with Crippen LogP contribution < -0.4 is 10.5 Å². The van der Waals surface area contributed by atoms with Crippen LogP contribution in [0, 0.1) is 13.8 Å². The number of nitrogen functional groups attached to an aromatic ring is 1. The van der Waals surface area contributed by atoms with Gasteiger partial charge in [-0.05, 0) is 53.9 Å². The van der Waals surface area contributed by atoms with E-state index in [2.05, 4.69) is 29.6 Å². The van der Waals surface area contributed by atoms with Crippen molar-refractivity contribution in [2.75, 3.05) is 5.73 Å². The monoisotopic (exact) mass is 283 g/mol. The second-order valence-corrected chi connectivity index (χ2v) is 5.93. The van der Waals surface area contributed by atoms with Gasteiger partial charge in [-0.3, -0.25) is 0 Å². The van der Waals surface area contributed by atoms with Crippen LogP contribution in [-0.4, -0.2) is 0 Å². The minimum absolute atomic E-state index is 0.591. The van der Waals surface area contributed by atoms with E-state index in [1.807, 2.05) is 26.0 Å². The molecule has 2 aromatic carbocycles. The highest BCUT2D eigenvalue weighted by atomic mass is 32.1. The Bertz CT molecular complexity index is 761. The van der Waals surface area contributed by atoms with Crippen molar-refractivity contribution < 1.29 is 4.74 Å². The predicted octanol–water partition coefficient (Wildman–Crippen LogP) is 4.68. The first-order chi connectivity index (χ1) is 9.65.